The van der Waals surface area contributed by atoms with Crippen LogP contribution in [0, 0.1) is 13.8 Å². The van der Waals surface area contributed by atoms with Crippen LogP contribution in [0.1, 0.15) is 21.7 Å². The number of hydrogen-bond donors (Lipinski definition) is 1. The molecule has 1 aromatic heterocycles. The molecule has 0 spiro atoms. The summed E-state index contributed by atoms with van der Waals surface area (Å²) in [7, 11) is 1.60. The summed E-state index contributed by atoms with van der Waals surface area (Å²) in [4.78, 5) is 12.4. The molecule has 1 N–H and O–H groups in total. The smallest absolute Gasteiger partial charge is 0.255 e. The lowest BCUT2D eigenvalue weighted by Gasteiger charge is -2.08. The molecule has 122 valence electrons. The Morgan fingerprint density at radius 2 is 1.83 bits per heavy atom. The fraction of sp³-hybridized carbons (Fsp3) is 0.158. The number of ether oxygens (including phenoxy) is 1. The molecule has 24 heavy (non-hydrogen) atoms. The zero-order chi connectivity index (χ0) is 17.1. The number of rotatable bonds is 4. The van der Waals surface area contributed by atoms with Crippen molar-refractivity contribution in [1.29, 1.82) is 0 Å². The van der Waals surface area contributed by atoms with Gasteiger partial charge in [-0.15, -0.1) is 0 Å². The van der Waals surface area contributed by atoms with Crippen LogP contribution in [0.3, 0.4) is 0 Å². The molecule has 0 fully saturated rings. The highest BCUT2D eigenvalue weighted by atomic mass is 16.5. The van der Waals surface area contributed by atoms with Crippen molar-refractivity contribution in [2.45, 2.75) is 13.8 Å². The fourth-order valence-electron chi connectivity index (χ4n) is 2.55. The highest BCUT2D eigenvalue weighted by Gasteiger charge is 2.08. The first-order chi connectivity index (χ1) is 11.6. The van der Waals surface area contributed by atoms with E-state index < -0.39 is 0 Å². The normalized spacial score (nSPS) is 10.5. The number of nitrogens with zero attached hydrogens (tertiary/aromatic N) is 2. The molecule has 5 nitrogen and oxygen atoms in total. The lowest BCUT2D eigenvalue weighted by atomic mass is 10.2. The van der Waals surface area contributed by atoms with Crippen LogP contribution in [0.15, 0.2) is 54.6 Å². The molecule has 0 radical (unpaired) electrons. The van der Waals surface area contributed by atoms with Gasteiger partial charge in [0.15, 0.2) is 0 Å². The van der Waals surface area contributed by atoms with Gasteiger partial charge in [-0.1, -0.05) is 6.07 Å². The minimum Gasteiger partial charge on any atom is -0.497 e. The second-order valence-corrected chi connectivity index (χ2v) is 5.57. The Bertz CT molecular complexity index is 867. The van der Waals surface area contributed by atoms with E-state index in [1.54, 1.807) is 25.3 Å². The van der Waals surface area contributed by atoms with Crippen LogP contribution in [0.2, 0.25) is 0 Å². The summed E-state index contributed by atoms with van der Waals surface area (Å²) >= 11 is 0. The second kappa shape index (κ2) is 6.58. The molecule has 2 aromatic carbocycles. The number of anilines is 1. The minimum atomic E-state index is -0.164. The summed E-state index contributed by atoms with van der Waals surface area (Å²) in [6.45, 7) is 3.96. The standard InChI is InChI=1S/C19H19N3O2/c1-13-11-14(2)22(21-13)17-9-7-15(8-10-17)19(23)20-16-5-4-6-18(12-16)24-3/h4-12H,1-3H3,(H,20,23). The predicted octanol–water partition coefficient (Wildman–Crippen LogP) is 3.75. The van der Waals surface area contributed by atoms with Crippen molar-refractivity contribution in [3.8, 4) is 11.4 Å². The van der Waals surface area contributed by atoms with Gasteiger partial charge < -0.3 is 10.1 Å². The second-order valence-electron chi connectivity index (χ2n) is 5.57. The maximum atomic E-state index is 12.4. The Kier molecular flexibility index (Phi) is 4.33. The number of methoxy groups -OCH3 is 1. The van der Waals surface area contributed by atoms with E-state index in [1.165, 1.54) is 0 Å². The highest BCUT2D eigenvalue weighted by molar-refractivity contribution is 6.04. The van der Waals surface area contributed by atoms with Gasteiger partial charge in [-0.3, -0.25) is 4.79 Å². The number of nitrogens with one attached hydrogen (secondary N) is 1. The first-order valence-electron chi connectivity index (χ1n) is 7.66. The minimum absolute atomic E-state index is 0.164. The van der Waals surface area contributed by atoms with Crippen molar-refractivity contribution in [2.75, 3.05) is 12.4 Å². The van der Waals surface area contributed by atoms with Crippen LogP contribution >= 0.6 is 0 Å². The van der Waals surface area contributed by atoms with E-state index in [2.05, 4.69) is 10.4 Å². The molecule has 0 saturated carbocycles. The van der Waals surface area contributed by atoms with Gasteiger partial charge in [0.1, 0.15) is 5.75 Å². The Hall–Kier alpha value is -3.08. The van der Waals surface area contributed by atoms with Gasteiger partial charge in [0.05, 0.1) is 18.5 Å². The van der Waals surface area contributed by atoms with Crippen LogP contribution in [0.25, 0.3) is 5.69 Å². The average Bonchev–Trinajstić information content (AvgIpc) is 2.93. The molecule has 0 aliphatic rings. The third-order valence-electron chi connectivity index (χ3n) is 3.71. The Morgan fingerprint density at radius 3 is 2.46 bits per heavy atom. The monoisotopic (exact) mass is 321 g/mol. The average molecular weight is 321 g/mol. The van der Waals surface area contributed by atoms with E-state index in [0.717, 1.165) is 17.1 Å². The van der Waals surface area contributed by atoms with E-state index in [4.69, 9.17) is 4.74 Å². The van der Waals surface area contributed by atoms with Crippen LogP contribution in [0.5, 0.6) is 5.75 Å². The van der Waals surface area contributed by atoms with Crippen molar-refractivity contribution < 1.29 is 9.53 Å². The maximum absolute atomic E-state index is 12.4. The molecule has 3 rings (SSSR count). The largest absolute Gasteiger partial charge is 0.497 e. The van der Waals surface area contributed by atoms with Gasteiger partial charge in [-0.2, -0.15) is 5.10 Å². The molecular formula is C19H19N3O2. The van der Waals surface area contributed by atoms with E-state index in [0.29, 0.717) is 17.0 Å². The first-order valence-corrected chi connectivity index (χ1v) is 7.66. The van der Waals surface area contributed by atoms with E-state index >= 15 is 0 Å². The molecule has 1 amide bonds. The summed E-state index contributed by atoms with van der Waals surface area (Å²) < 4.78 is 7.02. The molecular weight excluding hydrogens is 302 g/mol. The highest BCUT2D eigenvalue weighted by Crippen LogP contribution is 2.18. The molecule has 0 saturated heterocycles. The number of carbonyl (C=O) groups is 1. The third kappa shape index (κ3) is 3.30. The van der Waals surface area contributed by atoms with E-state index in [1.807, 2.05) is 54.9 Å². The topological polar surface area (TPSA) is 56.1 Å². The molecule has 0 aliphatic carbocycles. The van der Waals surface area contributed by atoms with Crippen molar-refractivity contribution in [1.82, 2.24) is 9.78 Å². The summed E-state index contributed by atoms with van der Waals surface area (Å²) in [5, 5.41) is 7.31. The summed E-state index contributed by atoms with van der Waals surface area (Å²) in [6.07, 6.45) is 0. The van der Waals surface area contributed by atoms with E-state index in [9.17, 15) is 4.79 Å². The van der Waals surface area contributed by atoms with Gasteiger partial charge >= 0.3 is 0 Å². The quantitative estimate of drug-likeness (QED) is 0.796. The SMILES string of the molecule is COc1cccc(NC(=O)c2ccc(-n3nc(C)cc3C)cc2)c1. The van der Waals surface area contributed by atoms with Crippen LogP contribution in [0.4, 0.5) is 5.69 Å². The number of aryl methyl sites for hydroxylation is 2. The lowest BCUT2D eigenvalue weighted by Crippen LogP contribution is -2.12. The lowest BCUT2D eigenvalue weighted by molar-refractivity contribution is 0.102. The van der Waals surface area contributed by atoms with Gasteiger partial charge in [0.2, 0.25) is 0 Å². The van der Waals surface area contributed by atoms with Crippen LogP contribution in [-0.2, 0) is 0 Å². The first kappa shape index (κ1) is 15.8. The summed E-state index contributed by atoms with van der Waals surface area (Å²) in [5.41, 5.74) is 4.23. The molecule has 1 heterocycles. The molecule has 0 unspecified atom stereocenters. The zero-order valence-corrected chi connectivity index (χ0v) is 13.9. The molecule has 3 aromatic rings. The number of aromatic nitrogens is 2. The molecule has 5 heteroatoms. The maximum Gasteiger partial charge on any atom is 0.255 e. The Morgan fingerprint density at radius 1 is 1.08 bits per heavy atom. The van der Waals surface area contributed by atoms with Gasteiger partial charge in [-0.05, 0) is 56.3 Å². The van der Waals surface area contributed by atoms with Crippen molar-refractivity contribution in [3.63, 3.8) is 0 Å². The Balaban J connectivity index is 1.77. The number of amides is 1. The van der Waals surface area contributed by atoms with Crippen LogP contribution < -0.4 is 10.1 Å². The molecule has 0 bridgehead atoms. The van der Waals surface area contributed by atoms with Crippen molar-refractivity contribution in [2.24, 2.45) is 0 Å². The summed E-state index contributed by atoms with van der Waals surface area (Å²) in [5.74, 6) is 0.538. The van der Waals surface area contributed by atoms with E-state index in [-0.39, 0.29) is 5.91 Å². The number of hydrogen-bond acceptors (Lipinski definition) is 3. The predicted molar refractivity (Wildman–Crippen MR) is 94.0 cm³/mol. The Labute approximate surface area is 140 Å². The molecule has 0 atom stereocenters. The van der Waals surface area contributed by atoms with Crippen molar-refractivity contribution in [3.05, 3.63) is 71.5 Å². The van der Waals surface area contributed by atoms with Gasteiger partial charge in [-0.25, -0.2) is 4.68 Å². The number of carbonyl (C=O) groups excluding carboxylic acids is 1. The van der Waals surface area contributed by atoms with Crippen molar-refractivity contribution >= 4 is 11.6 Å². The van der Waals surface area contributed by atoms with Gasteiger partial charge in [0, 0.05) is 23.0 Å². The summed E-state index contributed by atoms with van der Waals surface area (Å²) in [6, 6.07) is 16.7. The fourth-order valence-corrected chi connectivity index (χ4v) is 2.55. The van der Waals surface area contributed by atoms with Gasteiger partial charge in [0.25, 0.3) is 5.91 Å². The third-order valence-corrected chi connectivity index (χ3v) is 3.71. The zero-order valence-electron chi connectivity index (χ0n) is 13.9. The van der Waals surface area contributed by atoms with Crippen LogP contribution in [-0.4, -0.2) is 22.8 Å². The molecule has 0 aliphatic heterocycles. The number of benzene rings is 2.